The highest BCUT2D eigenvalue weighted by Crippen LogP contribution is 2.24. The first kappa shape index (κ1) is 20.6. The Hall–Kier alpha value is -3.71. The maximum atomic E-state index is 13.2. The van der Waals surface area contributed by atoms with Crippen molar-refractivity contribution in [3.05, 3.63) is 89.6 Å². The van der Waals surface area contributed by atoms with Gasteiger partial charge in [-0.3, -0.25) is 9.59 Å². The molecule has 0 unspecified atom stereocenters. The molecule has 2 amide bonds. The Morgan fingerprint density at radius 3 is 2.35 bits per heavy atom. The number of carbonyl (C=O) groups is 2. The Kier molecular flexibility index (Phi) is 6.24. The summed E-state index contributed by atoms with van der Waals surface area (Å²) in [5, 5.41) is 2.72. The molecule has 4 rings (SSSR count). The summed E-state index contributed by atoms with van der Waals surface area (Å²) in [4.78, 5) is 27.4. The quantitative estimate of drug-likeness (QED) is 0.639. The number of ether oxygens (including phenoxy) is 1. The van der Waals surface area contributed by atoms with Gasteiger partial charge in [-0.2, -0.15) is 0 Å². The van der Waals surface area contributed by atoms with Gasteiger partial charge in [-0.1, -0.05) is 18.2 Å². The van der Waals surface area contributed by atoms with Crippen LogP contribution < -0.4 is 5.32 Å². The zero-order chi connectivity index (χ0) is 21.6. The first-order valence-corrected chi connectivity index (χ1v) is 9.91. The van der Waals surface area contributed by atoms with Crippen LogP contribution in [0.25, 0.3) is 17.4 Å². The van der Waals surface area contributed by atoms with Crippen molar-refractivity contribution in [1.82, 2.24) is 10.2 Å². The molecule has 6 nitrogen and oxygen atoms in total. The Labute approximate surface area is 178 Å². The standard InChI is InChI=1S/C24H21FN2O4/c25-19-8-6-17(7-9-19)22-11-10-20(31-22)16-21(24(29)27-12-14-30-15-13-27)26-23(28)18-4-2-1-3-5-18/h1-11,16H,12-15H2,(H,26,28)/b21-16-. The second-order valence-electron chi connectivity index (χ2n) is 6.99. The van der Waals surface area contributed by atoms with Crippen molar-refractivity contribution in [3.8, 4) is 11.3 Å². The minimum absolute atomic E-state index is 0.107. The number of halogens is 1. The van der Waals surface area contributed by atoms with Gasteiger partial charge in [0.15, 0.2) is 0 Å². The summed E-state index contributed by atoms with van der Waals surface area (Å²) in [6, 6.07) is 18.0. The van der Waals surface area contributed by atoms with Gasteiger partial charge in [0.1, 0.15) is 23.0 Å². The van der Waals surface area contributed by atoms with Gasteiger partial charge in [0.2, 0.25) is 0 Å². The molecule has 3 aromatic rings. The summed E-state index contributed by atoms with van der Waals surface area (Å²) >= 11 is 0. The molecule has 7 heteroatoms. The maximum Gasteiger partial charge on any atom is 0.270 e. The van der Waals surface area contributed by atoms with Crippen molar-refractivity contribution in [2.24, 2.45) is 0 Å². The molecule has 0 saturated carbocycles. The molecule has 0 radical (unpaired) electrons. The lowest BCUT2D eigenvalue weighted by molar-refractivity contribution is -0.131. The second kappa shape index (κ2) is 9.40. The van der Waals surface area contributed by atoms with E-state index in [-0.39, 0.29) is 17.4 Å². The average molecular weight is 420 g/mol. The fraction of sp³-hybridized carbons (Fsp3) is 0.167. The van der Waals surface area contributed by atoms with Crippen molar-refractivity contribution < 1.29 is 23.1 Å². The predicted molar refractivity (Wildman–Crippen MR) is 113 cm³/mol. The molecule has 2 heterocycles. The highest BCUT2D eigenvalue weighted by Gasteiger charge is 2.23. The summed E-state index contributed by atoms with van der Waals surface area (Å²) in [5.41, 5.74) is 1.25. The molecule has 0 bridgehead atoms. The third-order valence-electron chi connectivity index (χ3n) is 4.86. The van der Waals surface area contributed by atoms with E-state index in [0.717, 1.165) is 0 Å². The normalized spacial score (nSPS) is 14.4. The van der Waals surface area contributed by atoms with Crippen LogP contribution >= 0.6 is 0 Å². The van der Waals surface area contributed by atoms with E-state index in [1.54, 1.807) is 53.4 Å². The smallest absolute Gasteiger partial charge is 0.270 e. The Morgan fingerprint density at radius 1 is 0.935 bits per heavy atom. The summed E-state index contributed by atoms with van der Waals surface area (Å²) in [6.45, 7) is 1.77. The molecular weight excluding hydrogens is 399 g/mol. The molecule has 1 N–H and O–H groups in total. The number of hydrogen-bond acceptors (Lipinski definition) is 4. The molecule has 1 saturated heterocycles. The predicted octanol–water partition coefficient (Wildman–Crippen LogP) is 3.72. The average Bonchev–Trinajstić information content (AvgIpc) is 3.28. The third kappa shape index (κ3) is 5.07. The summed E-state index contributed by atoms with van der Waals surface area (Å²) in [5.74, 6) is -0.119. The summed E-state index contributed by atoms with van der Waals surface area (Å²) in [7, 11) is 0. The molecule has 1 aliphatic rings. The molecule has 1 aromatic heterocycles. The number of hydrogen-bond donors (Lipinski definition) is 1. The first-order chi connectivity index (χ1) is 15.1. The largest absolute Gasteiger partial charge is 0.457 e. The van der Waals surface area contributed by atoms with E-state index in [1.165, 1.54) is 18.2 Å². The number of nitrogens with zero attached hydrogens (tertiary/aromatic N) is 1. The van der Waals surface area contributed by atoms with Crippen molar-refractivity contribution in [2.45, 2.75) is 0 Å². The maximum absolute atomic E-state index is 13.2. The number of carbonyl (C=O) groups excluding carboxylic acids is 2. The molecule has 158 valence electrons. The van der Waals surface area contributed by atoms with Crippen LogP contribution in [-0.4, -0.2) is 43.0 Å². The van der Waals surface area contributed by atoms with Crippen LogP contribution in [0.1, 0.15) is 16.1 Å². The molecule has 31 heavy (non-hydrogen) atoms. The fourth-order valence-electron chi connectivity index (χ4n) is 3.21. The summed E-state index contributed by atoms with van der Waals surface area (Å²) < 4.78 is 24.3. The van der Waals surface area contributed by atoms with E-state index in [1.807, 2.05) is 6.07 Å². The van der Waals surface area contributed by atoms with E-state index in [2.05, 4.69) is 5.32 Å². The van der Waals surface area contributed by atoms with E-state index in [4.69, 9.17) is 9.15 Å². The minimum Gasteiger partial charge on any atom is -0.457 e. The van der Waals surface area contributed by atoms with Gasteiger partial charge in [-0.15, -0.1) is 0 Å². The summed E-state index contributed by atoms with van der Waals surface area (Å²) in [6.07, 6.45) is 1.51. The SMILES string of the molecule is O=C(N/C(=C\c1ccc(-c2ccc(F)cc2)o1)C(=O)N1CCOCC1)c1ccccc1. The molecule has 1 fully saturated rings. The molecule has 2 aromatic carbocycles. The topological polar surface area (TPSA) is 71.8 Å². The third-order valence-corrected chi connectivity index (χ3v) is 4.86. The lowest BCUT2D eigenvalue weighted by Gasteiger charge is -2.27. The van der Waals surface area contributed by atoms with Crippen LogP contribution in [0.2, 0.25) is 0 Å². The lowest BCUT2D eigenvalue weighted by atomic mass is 10.2. The monoisotopic (exact) mass is 420 g/mol. The van der Waals surface area contributed by atoms with Gasteiger partial charge in [0.05, 0.1) is 13.2 Å². The highest BCUT2D eigenvalue weighted by molar-refractivity contribution is 6.05. The van der Waals surface area contributed by atoms with Gasteiger partial charge < -0.3 is 19.4 Å². The zero-order valence-corrected chi connectivity index (χ0v) is 16.7. The number of morpholine rings is 1. The number of nitrogens with one attached hydrogen (secondary N) is 1. The van der Waals surface area contributed by atoms with Gasteiger partial charge >= 0.3 is 0 Å². The zero-order valence-electron chi connectivity index (χ0n) is 16.7. The van der Waals surface area contributed by atoms with Crippen LogP contribution in [0.15, 0.2) is 76.8 Å². The van der Waals surface area contributed by atoms with Gasteiger partial charge in [-0.05, 0) is 48.5 Å². The van der Waals surface area contributed by atoms with E-state index in [0.29, 0.717) is 49.0 Å². The minimum atomic E-state index is -0.390. The fourth-order valence-corrected chi connectivity index (χ4v) is 3.21. The van der Waals surface area contributed by atoms with Crippen LogP contribution in [0.3, 0.4) is 0 Å². The number of rotatable bonds is 5. The Morgan fingerprint density at radius 2 is 1.65 bits per heavy atom. The van der Waals surface area contributed by atoms with E-state index >= 15 is 0 Å². The molecular formula is C24H21FN2O4. The number of furan rings is 1. The van der Waals surface area contributed by atoms with E-state index in [9.17, 15) is 14.0 Å². The van der Waals surface area contributed by atoms with Crippen molar-refractivity contribution in [1.29, 1.82) is 0 Å². The Bertz CT molecular complexity index is 1080. The molecule has 1 aliphatic heterocycles. The van der Waals surface area contributed by atoms with Gasteiger partial charge in [0.25, 0.3) is 11.8 Å². The number of amides is 2. The van der Waals surface area contributed by atoms with E-state index < -0.39 is 5.91 Å². The second-order valence-corrected chi connectivity index (χ2v) is 6.99. The Balaban J connectivity index is 1.61. The number of benzene rings is 2. The van der Waals surface area contributed by atoms with Crippen LogP contribution in [-0.2, 0) is 9.53 Å². The van der Waals surface area contributed by atoms with Crippen molar-refractivity contribution in [3.63, 3.8) is 0 Å². The van der Waals surface area contributed by atoms with Gasteiger partial charge in [-0.25, -0.2) is 4.39 Å². The van der Waals surface area contributed by atoms with Crippen molar-refractivity contribution in [2.75, 3.05) is 26.3 Å². The van der Waals surface area contributed by atoms with Crippen LogP contribution in [0.5, 0.6) is 0 Å². The van der Waals surface area contributed by atoms with Gasteiger partial charge in [0, 0.05) is 30.3 Å². The molecule has 0 atom stereocenters. The molecule has 0 spiro atoms. The molecule has 0 aliphatic carbocycles. The van der Waals surface area contributed by atoms with Crippen molar-refractivity contribution >= 4 is 17.9 Å². The first-order valence-electron chi connectivity index (χ1n) is 9.91. The highest BCUT2D eigenvalue weighted by atomic mass is 19.1. The van der Waals surface area contributed by atoms with Crippen LogP contribution in [0.4, 0.5) is 4.39 Å². The lowest BCUT2D eigenvalue weighted by Crippen LogP contribution is -2.44. The van der Waals surface area contributed by atoms with Crippen LogP contribution in [0, 0.1) is 5.82 Å².